The van der Waals surface area contributed by atoms with Crippen LogP contribution in [0.15, 0.2) is 6.33 Å². The zero-order valence-electron chi connectivity index (χ0n) is 13.0. The number of piperidine rings is 1. The molecule has 0 aliphatic carbocycles. The minimum atomic E-state index is -0.223. The van der Waals surface area contributed by atoms with E-state index in [2.05, 4.69) is 27.1 Å². The lowest BCUT2D eigenvalue weighted by molar-refractivity contribution is 0.343. The predicted octanol–water partition coefficient (Wildman–Crippen LogP) is 2.68. The van der Waals surface area contributed by atoms with Crippen LogP contribution in [-0.2, 0) is 6.42 Å². The molecule has 0 saturated carbocycles. The molecular formula is C16H25FN4. The molecule has 2 saturated heterocycles. The fourth-order valence-corrected chi connectivity index (χ4v) is 3.83. The van der Waals surface area contributed by atoms with Crippen LogP contribution in [0.5, 0.6) is 0 Å². The summed E-state index contributed by atoms with van der Waals surface area (Å²) >= 11 is 0. The smallest absolute Gasteiger partial charge is 0.187 e. The van der Waals surface area contributed by atoms with Gasteiger partial charge in [0.1, 0.15) is 6.33 Å². The number of halogens is 1. The number of aryl methyl sites for hydroxylation is 1. The number of aromatic nitrogens is 2. The summed E-state index contributed by atoms with van der Waals surface area (Å²) in [6.45, 7) is 4.94. The summed E-state index contributed by atoms with van der Waals surface area (Å²) in [6.07, 6.45) is 7.84. The van der Waals surface area contributed by atoms with Gasteiger partial charge in [0.25, 0.3) is 0 Å². The summed E-state index contributed by atoms with van der Waals surface area (Å²) < 4.78 is 14.6. The SMILES string of the molecule is CCCN(c1ncnc(CC)c1F)C1CC2CCC(C1)N2. The van der Waals surface area contributed by atoms with Gasteiger partial charge >= 0.3 is 0 Å². The summed E-state index contributed by atoms with van der Waals surface area (Å²) in [5, 5.41) is 3.65. The van der Waals surface area contributed by atoms with Gasteiger partial charge in [0.2, 0.25) is 0 Å². The van der Waals surface area contributed by atoms with E-state index in [1.54, 1.807) is 0 Å². The Morgan fingerprint density at radius 2 is 1.95 bits per heavy atom. The summed E-state index contributed by atoms with van der Waals surface area (Å²) in [4.78, 5) is 10.5. The van der Waals surface area contributed by atoms with E-state index in [9.17, 15) is 4.39 Å². The highest BCUT2D eigenvalue weighted by Crippen LogP contribution is 2.32. The molecule has 4 nitrogen and oxygen atoms in total. The molecule has 0 spiro atoms. The molecule has 0 radical (unpaired) electrons. The number of nitrogens with zero attached hydrogens (tertiary/aromatic N) is 3. The molecule has 2 aliphatic heterocycles. The minimum Gasteiger partial charge on any atom is -0.351 e. The lowest BCUT2D eigenvalue weighted by Gasteiger charge is -2.38. The number of hydrogen-bond donors (Lipinski definition) is 1. The largest absolute Gasteiger partial charge is 0.351 e. The monoisotopic (exact) mass is 292 g/mol. The zero-order chi connectivity index (χ0) is 14.8. The Labute approximate surface area is 126 Å². The molecule has 3 rings (SSSR count). The van der Waals surface area contributed by atoms with Crippen molar-refractivity contribution < 1.29 is 4.39 Å². The third-order valence-corrected chi connectivity index (χ3v) is 4.80. The molecule has 2 unspecified atom stereocenters. The second-order valence-electron chi connectivity index (χ2n) is 6.27. The Hall–Kier alpha value is -1.23. The molecule has 2 atom stereocenters. The van der Waals surface area contributed by atoms with Crippen LogP contribution >= 0.6 is 0 Å². The Kier molecular flexibility index (Phi) is 4.38. The Bertz CT molecular complexity index is 481. The summed E-state index contributed by atoms with van der Waals surface area (Å²) in [5.41, 5.74) is 0.526. The lowest BCUT2D eigenvalue weighted by Crippen LogP contribution is -2.49. The van der Waals surface area contributed by atoms with Crippen LogP contribution in [0.3, 0.4) is 0 Å². The highest BCUT2D eigenvalue weighted by molar-refractivity contribution is 5.42. The molecule has 116 valence electrons. The zero-order valence-corrected chi connectivity index (χ0v) is 13.0. The van der Waals surface area contributed by atoms with E-state index in [4.69, 9.17) is 0 Å². The van der Waals surface area contributed by atoms with E-state index in [1.165, 1.54) is 19.2 Å². The van der Waals surface area contributed by atoms with E-state index in [1.807, 2.05) is 6.92 Å². The van der Waals surface area contributed by atoms with Gasteiger partial charge in [-0.3, -0.25) is 0 Å². The predicted molar refractivity (Wildman–Crippen MR) is 82.0 cm³/mol. The maximum absolute atomic E-state index is 14.6. The molecule has 0 aromatic carbocycles. The van der Waals surface area contributed by atoms with Crippen molar-refractivity contribution in [3.05, 3.63) is 17.8 Å². The number of rotatable bonds is 5. The van der Waals surface area contributed by atoms with E-state index in [0.717, 1.165) is 25.8 Å². The number of fused-ring (bicyclic) bond motifs is 2. The Morgan fingerprint density at radius 3 is 2.57 bits per heavy atom. The van der Waals surface area contributed by atoms with Crippen LogP contribution in [0.1, 0.15) is 51.6 Å². The third-order valence-electron chi connectivity index (χ3n) is 4.80. The van der Waals surface area contributed by atoms with Crippen molar-refractivity contribution in [2.75, 3.05) is 11.4 Å². The lowest BCUT2D eigenvalue weighted by atomic mass is 9.97. The first kappa shape index (κ1) is 14.7. The van der Waals surface area contributed by atoms with Gasteiger partial charge in [-0.1, -0.05) is 13.8 Å². The molecule has 0 amide bonds. The van der Waals surface area contributed by atoms with Crippen LogP contribution < -0.4 is 10.2 Å². The number of anilines is 1. The molecule has 5 heteroatoms. The van der Waals surface area contributed by atoms with Gasteiger partial charge in [-0.05, 0) is 38.5 Å². The van der Waals surface area contributed by atoms with E-state index in [0.29, 0.717) is 36.1 Å². The van der Waals surface area contributed by atoms with Gasteiger partial charge in [0.05, 0.1) is 5.69 Å². The quantitative estimate of drug-likeness (QED) is 0.906. The maximum atomic E-state index is 14.6. The van der Waals surface area contributed by atoms with E-state index in [-0.39, 0.29) is 5.82 Å². The maximum Gasteiger partial charge on any atom is 0.187 e. The standard InChI is InChI=1S/C16H25FN4/c1-3-7-21(13-8-11-5-6-12(9-13)20-11)16-15(17)14(4-2)18-10-19-16/h10-13,20H,3-9H2,1-2H3. The Morgan fingerprint density at radius 1 is 1.24 bits per heavy atom. The van der Waals surface area contributed by atoms with Crippen molar-refractivity contribution in [1.82, 2.24) is 15.3 Å². The van der Waals surface area contributed by atoms with Gasteiger partial charge in [-0.15, -0.1) is 0 Å². The molecular weight excluding hydrogens is 267 g/mol. The van der Waals surface area contributed by atoms with E-state index < -0.39 is 0 Å². The third kappa shape index (κ3) is 2.89. The van der Waals surface area contributed by atoms with Gasteiger partial charge < -0.3 is 10.2 Å². The second kappa shape index (κ2) is 6.26. The van der Waals surface area contributed by atoms with Crippen LogP contribution in [0.2, 0.25) is 0 Å². The van der Waals surface area contributed by atoms with Crippen molar-refractivity contribution in [3.63, 3.8) is 0 Å². The molecule has 1 N–H and O–H groups in total. The average Bonchev–Trinajstić information content (AvgIpc) is 2.84. The minimum absolute atomic E-state index is 0.223. The van der Waals surface area contributed by atoms with Crippen molar-refractivity contribution >= 4 is 5.82 Å². The van der Waals surface area contributed by atoms with Crippen molar-refractivity contribution in [2.24, 2.45) is 0 Å². The fraction of sp³-hybridized carbons (Fsp3) is 0.750. The Balaban J connectivity index is 1.87. The number of hydrogen-bond acceptors (Lipinski definition) is 4. The second-order valence-corrected chi connectivity index (χ2v) is 6.27. The molecule has 3 heterocycles. The van der Waals surface area contributed by atoms with Crippen LogP contribution in [0, 0.1) is 5.82 Å². The van der Waals surface area contributed by atoms with Gasteiger partial charge in [-0.25, -0.2) is 14.4 Å². The molecule has 2 bridgehead atoms. The van der Waals surface area contributed by atoms with Crippen LogP contribution in [0.4, 0.5) is 10.2 Å². The highest BCUT2D eigenvalue weighted by atomic mass is 19.1. The van der Waals surface area contributed by atoms with Crippen LogP contribution in [-0.4, -0.2) is 34.6 Å². The van der Waals surface area contributed by atoms with Crippen molar-refractivity contribution in [2.45, 2.75) is 70.5 Å². The normalized spacial score (nSPS) is 27.9. The van der Waals surface area contributed by atoms with Crippen LogP contribution in [0.25, 0.3) is 0 Å². The summed E-state index contributed by atoms with van der Waals surface area (Å²) in [6, 6.07) is 1.60. The number of nitrogens with one attached hydrogen (secondary N) is 1. The molecule has 2 aliphatic rings. The fourth-order valence-electron chi connectivity index (χ4n) is 3.83. The average molecular weight is 292 g/mol. The summed E-state index contributed by atoms with van der Waals surface area (Å²) in [7, 11) is 0. The highest BCUT2D eigenvalue weighted by Gasteiger charge is 2.37. The first-order valence-corrected chi connectivity index (χ1v) is 8.25. The summed E-state index contributed by atoms with van der Waals surface area (Å²) in [5.74, 6) is 0.286. The first-order valence-electron chi connectivity index (χ1n) is 8.25. The molecule has 2 fully saturated rings. The molecule has 1 aromatic heterocycles. The van der Waals surface area contributed by atoms with Crippen molar-refractivity contribution in [1.29, 1.82) is 0 Å². The van der Waals surface area contributed by atoms with Gasteiger partial charge in [0.15, 0.2) is 11.6 Å². The topological polar surface area (TPSA) is 41.1 Å². The van der Waals surface area contributed by atoms with Gasteiger partial charge in [0, 0.05) is 24.7 Å². The molecule has 1 aromatic rings. The first-order chi connectivity index (χ1) is 10.2. The molecule has 21 heavy (non-hydrogen) atoms. The van der Waals surface area contributed by atoms with E-state index >= 15 is 0 Å². The van der Waals surface area contributed by atoms with Crippen molar-refractivity contribution in [3.8, 4) is 0 Å². The van der Waals surface area contributed by atoms with Gasteiger partial charge in [-0.2, -0.15) is 0 Å².